The Kier molecular flexibility index (Phi) is 5.14. The van der Waals surface area contributed by atoms with Crippen molar-refractivity contribution in [2.45, 2.75) is 31.9 Å². The predicted octanol–water partition coefficient (Wildman–Crippen LogP) is 2.26. The number of carbonyl (C=O) groups is 1. The Morgan fingerprint density at radius 2 is 2.12 bits per heavy atom. The van der Waals surface area contributed by atoms with Crippen LogP contribution in [0.15, 0.2) is 36.8 Å². The molecule has 10 heteroatoms. The quantitative estimate of drug-likeness (QED) is 0.535. The molecule has 0 spiro atoms. The predicted molar refractivity (Wildman–Crippen MR) is 117 cm³/mol. The molecule has 4 rings (SSSR count). The largest absolute Gasteiger partial charge is 0.489 e. The Labute approximate surface area is 184 Å². The van der Waals surface area contributed by atoms with Crippen LogP contribution in [0.25, 0.3) is 16.6 Å². The summed E-state index contributed by atoms with van der Waals surface area (Å²) < 4.78 is 7.33. The van der Waals surface area contributed by atoms with Crippen molar-refractivity contribution in [2.24, 2.45) is 0 Å². The van der Waals surface area contributed by atoms with E-state index in [9.17, 15) is 15.2 Å². The van der Waals surface area contributed by atoms with Gasteiger partial charge in [-0.2, -0.15) is 10.4 Å². The third-order valence-electron chi connectivity index (χ3n) is 5.17. The van der Waals surface area contributed by atoms with Gasteiger partial charge in [0.1, 0.15) is 24.2 Å². The summed E-state index contributed by atoms with van der Waals surface area (Å²) in [5.41, 5.74) is 1.07. The van der Waals surface area contributed by atoms with Gasteiger partial charge in [-0.3, -0.25) is 0 Å². The molecule has 3 aromatic rings. The van der Waals surface area contributed by atoms with E-state index >= 15 is 0 Å². The highest BCUT2D eigenvalue weighted by molar-refractivity contribution is 5.85. The maximum absolute atomic E-state index is 10.9. The minimum absolute atomic E-state index is 0.0968. The Hall–Kier alpha value is -3.84. The van der Waals surface area contributed by atoms with Crippen LogP contribution in [0, 0.1) is 11.3 Å². The molecule has 0 saturated carbocycles. The number of amides is 1. The van der Waals surface area contributed by atoms with Crippen molar-refractivity contribution in [2.75, 3.05) is 24.6 Å². The zero-order valence-corrected chi connectivity index (χ0v) is 18.0. The maximum Gasteiger partial charge on any atom is 0.405 e. The second-order valence-electron chi connectivity index (χ2n) is 8.91. The molecule has 0 bridgehead atoms. The number of nitrogens with one attached hydrogen (secondary N) is 1. The van der Waals surface area contributed by atoms with Crippen LogP contribution in [0.4, 0.5) is 10.6 Å². The van der Waals surface area contributed by atoms with Crippen LogP contribution in [-0.4, -0.2) is 61.7 Å². The number of carboxylic acid groups (broad SMARTS) is 1. The number of anilines is 1. The third-order valence-corrected chi connectivity index (χ3v) is 5.17. The van der Waals surface area contributed by atoms with Crippen molar-refractivity contribution in [3.8, 4) is 22.9 Å². The highest BCUT2D eigenvalue weighted by Gasteiger charge is 2.40. The molecule has 32 heavy (non-hydrogen) atoms. The average Bonchev–Trinajstić information content (AvgIpc) is 3.12. The topological polar surface area (TPSA) is 136 Å². The van der Waals surface area contributed by atoms with E-state index in [0.717, 1.165) is 16.9 Å². The number of hydrogen-bond acceptors (Lipinski definition) is 7. The minimum atomic E-state index is -1.04. The highest BCUT2D eigenvalue weighted by Crippen LogP contribution is 2.33. The molecule has 1 fully saturated rings. The zero-order chi connectivity index (χ0) is 23.1. The Morgan fingerprint density at radius 3 is 2.72 bits per heavy atom. The van der Waals surface area contributed by atoms with Gasteiger partial charge in [-0.1, -0.05) is 0 Å². The summed E-state index contributed by atoms with van der Waals surface area (Å²) in [7, 11) is 0. The van der Waals surface area contributed by atoms with E-state index in [-0.39, 0.29) is 6.61 Å². The molecule has 1 aliphatic rings. The molecular formula is C22H24N6O4. The van der Waals surface area contributed by atoms with E-state index < -0.39 is 17.2 Å². The van der Waals surface area contributed by atoms with E-state index in [1.54, 1.807) is 36.8 Å². The number of nitrogens with zero attached hydrogens (tertiary/aromatic N) is 5. The SMILES string of the molecule is CC(C)(O)COc1cc(-c2ccc(N3CC(C)(NC(=O)O)C3)nc2)c2c(C#N)cnn2c1. The van der Waals surface area contributed by atoms with Crippen LogP contribution >= 0.6 is 0 Å². The molecule has 0 aromatic carbocycles. The molecule has 0 atom stereocenters. The first-order valence-electron chi connectivity index (χ1n) is 10.1. The molecule has 0 aliphatic carbocycles. The fraction of sp³-hybridized carbons (Fsp3) is 0.364. The number of fused-ring (bicyclic) bond motifs is 1. The molecular weight excluding hydrogens is 412 g/mol. The van der Waals surface area contributed by atoms with Gasteiger partial charge < -0.3 is 25.2 Å². The summed E-state index contributed by atoms with van der Waals surface area (Å²) in [5, 5.41) is 35.2. The van der Waals surface area contributed by atoms with Gasteiger partial charge in [0.15, 0.2) is 0 Å². The summed E-state index contributed by atoms with van der Waals surface area (Å²) in [6.07, 6.45) is 3.83. The summed E-state index contributed by atoms with van der Waals surface area (Å²) in [6, 6.07) is 7.72. The van der Waals surface area contributed by atoms with E-state index in [2.05, 4.69) is 21.5 Å². The molecule has 1 saturated heterocycles. The Morgan fingerprint density at radius 1 is 1.38 bits per heavy atom. The normalized spacial score (nSPS) is 15.2. The van der Waals surface area contributed by atoms with Gasteiger partial charge in [0.2, 0.25) is 0 Å². The third kappa shape index (κ3) is 4.29. The van der Waals surface area contributed by atoms with Gasteiger partial charge in [-0.15, -0.1) is 0 Å². The zero-order valence-electron chi connectivity index (χ0n) is 18.0. The fourth-order valence-electron chi connectivity index (χ4n) is 3.77. The van der Waals surface area contributed by atoms with Gasteiger partial charge >= 0.3 is 6.09 Å². The molecule has 3 aromatic heterocycles. The summed E-state index contributed by atoms with van der Waals surface area (Å²) in [4.78, 5) is 17.4. The smallest absolute Gasteiger partial charge is 0.405 e. The molecule has 166 valence electrons. The van der Waals surface area contributed by atoms with Gasteiger partial charge in [-0.05, 0) is 39.0 Å². The van der Waals surface area contributed by atoms with Crippen LogP contribution in [0.3, 0.4) is 0 Å². The fourth-order valence-corrected chi connectivity index (χ4v) is 3.77. The van der Waals surface area contributed by atoms with Crippen LogP contribution in [0.2, 0.25) is 0 Å². The summed E-state index contributed by atoms with van der Waals surface area (Å²) in [6.45, 7) is 6.31. The van der Waals surface area contributed by atoms with Crippen LogP contribution < -0.4 is 15.0 Å². The number of aromatic nitrogens is 3. The van der Waals surface area contributed by atoms with Crippen molar-refractivity contribution >= 4 is 17.4 Å². The summed E-state index contributed by atoms with van der Waals surface area (Å²) in [5.74, 6) is 1.24. The second kappa shape index (κ2) is 7.69. The first kappa shape index (κ1) is 21.4. The van der Waals surface area contributed by atoms with E-state index in [4.69, 9.17) is 9.84 Å². The van der Waals surface area contributed by atoms with E-state index in [1.165, 1.54) is 6.20 Å². The molecule has 3 N–H and O–H groups in total. The van der Waals surface area contributed by atoms with Crippen LogP contribution in [-0.2, 0) is 0 Å². The average molecular weight is 436 g/mol. The van der Waals surface area contributed by atoms with Gasteiger partial charge in [0.05, 0.1) is 34.6 Å². The molecule has 4 heterocycles. The lowest BCUT2D eigenvalue weighted by Crippen LogP contribution is -2.68. The van der Waals surface area contributed by atoms with Crippen molar-refractivity contribution in [1.29, 1.82) is 5.26 Å². The van der Waals surface area contributed by atoms with Crippen molar-refractivity contribution in [3.05, 3.63) is 42.4 Å². The number of hydrogen-bond donors (Lipinski definition) is 3. The molecule has 1 aliphatic heterocycles. The van der Waals surface area contributed by atoms with Crippen molar-refractivity contribution < 1.29 is 19.7 Å². The molecule has 1 amide bonds. The Balaban J connectivity index is 1.63. The lowest BCUT2D eigenvalue weighted by atomic mass is 9.92. The number of pyridine rings is 2. The van der Waals surface area contributed by atoms with E-state index in [1.807, 2.05) is 24.0 Å². The minimum Gasteiger partial charge on any atom is -0.489 e. The van der Waals surface area contributed by atoms with Gasteiger partial charge in [0, 0.05) is 30.4 Å². The standard InChI is InChI=1S/C22H24N6O4/c1-21(2,31)13-32-16-6-17(19-15(7-23)9-25-28(19)10-16)14-4-5-18(24-8-14)27-11-22(3,12-27)26-20(29)30/h4-6,8-10,26,31H,11-13H2,1-3H3,(H,29,30). The molecule has 0 radical (unpaired) electrons. The van der Waals surface area contributed by atoms with Crippen LogP contribution in [0.5, 0.6) is 5.75 Å². The van der Waals surface area contributed by atoms with Crippen molar-refractivity contribution in [1.82, 2.24) is 19.9 Å². The number of ether oxygens (including phenoxy) is 1. The first-order valence-corrected chi connectivity index (χ1v) is 10.1. The monoisotopic (exact) mass is 436 g/mol. The summed E-state index contributed by atoms with van der Waals surface area (Å²) >= 11 is 0. The number of nitriles is 1. The van der Waals surface area contributed by atoms with Gasteiger partial charge in [-0.25, -0.2) is 14.3 Å². The second-order valence-corrected chi connectivity index (χ2v) is 8.91. The lowest BCUT2D eigenvalue weighted by molar-refractivity contribution is 0.0283. The number of aliphatic hydroxyl groups is 1. The van der Waals surface area contributed by atoms with Crippen molar-refractivity contribution in [3.63, 3.8) is 0 Å². The Bertz CT molecular complexity index is 1200. The highest BCUT2D eigenvalue weighted by atomic mass is 16.5. The molecule has 10 nitrogen and oxygen atoms in total. The first-order chi connectivity index (χ1) is 15.1. The molecule has 0 unspecified atom stereocenters. The maximum atomic E-state index is 10.9. The van der Waals surface area contributed by atoms with Gasteiger partial charge in [0.25, 0.3) is 0 Å². The van der Waals surface area contributed by atoms with E-state index in [0.29, 0.717) is 29.9 Å². The van der Waals surface area contributed by atoms with Crippen LogP contribution in [0.1, 0.15) is 26.3 Å². The lowest BCUT2D eigenvalue weighted by Gasteiger charge is -2.48. The number of rotatable bonds is 6.